The SMILES string of the molecule is CCNC(=O)c1cc(-c2ccc(NC(=O)[C@@H](O)c3cc(F)cc(F)c3)cc2C)cnc1N. The Morgan fingerprint density at radius 1 is 1.12 bits per heavy atom. The average Bonchev–Trinajstić information content (AvgIpc) is 2.73. The molecule has 0 aliphatic heterocycles. The maximum Gasteiger partial charge on any atom is 0.257 e. The van der Waals surface area contributed by atoms with E-state index < -0.39 is 23.6 Å². The van der Waals surface area contributed by atoms with Gasteiger partial charge in [0.15, 0.2) is 6.10 Å². The van der Waals surface area contributed by atoms with Crippen LogP contribution >= 0.6 is 0 Å². The fourth-order valence-corrected chi connectivity index (χ4v) is 3.22. The standard InChI is InChI=1S/C23H22F2N4O3/c1-3-27-22(31)19-9-14(11-28-21(19)26)18-5-4-17(6-12(18)2)29-23(32)20(30)13-7-15(24)10-16(25)8-13/h4-11,20,30H,3H2,1-2H3,(H2,26,28)(H,27,31)(H,29,32)/t20-/m0/s1. The van der Waals surface area contributed by atoms with Gasteiger partial charge in [-0.05, 0) is 60.9 Å². The number of nitrogen functional groups attached to an aromatic ring is 1. The molecule has 166 valence electrons. The number of aliphatic hydroxyl groups excluding tert-OH is 1. The van der Waals surface area contributed by atoms with Gasteiger partial charge in [-0.2, -0.15) is 0 Å². The molecule has 3 aromatic rings. The van der Waals surface area contributed by atoms with Gasteiger partial charge in [-0.15, -0.1) is 0 Å². The lowest BCUT2D eigenvalue weighted by atomic mass is 9.99. The molecule has 0 aliphatic rings. The topological polar surface area (TPSA) is 117 Å². The van der Waals surface area contributed by atoms with Crippen LogP contribution in [0.5, 0.6) is 0 Å². The highest BCUT2D eigenvalue weighted by Crippen LogP contribution is 2.28. The number of pyridine rings is 1. The second kappa shape index (κ2) is 9.52. The van der Waals surface area contributed by atoms with E-state index in [2.05, 4.69) is 15.6 Å². The van der Waals surface area contributed by atoms with Gasteiger partial charge in [-0.25, -0.2) is 13.8 Å². The van der Waals surface area contributed by atoms with E-state index in [1.165, 1.54) is 0 Å². The Morgan fingerprint density at radius 3 is 2.44 bits per heavy atom. The van der Waals surface area contributed by atoms with Crippen LogP contribution in [0.4, 0.5) is 20.3 Å². The lowest BCUT2D eigenvalue weighted by molar-refractivity contribution is -0.124. The van der Waals surface area contributed by atoms with Crippen LogP contribution in [0, 0.1) is 18.6 Å². The van der Waals surface area contributed by atoms with Crippen molar-refractivity contribution in [2.75, 3.05) is 17.6 Å². The van der Waals surface area contributed by atoms with Crippen molar-refractivity contribution in [1.82, 2.24) is 10.3 Å². The van der Waals surface area contributed by atoms with Crippen molar-refractivity contribution in [1.29, 1.82) is 0 Å². The van der Waals surface area contributed by atoms with E-state index in [0.29, 0.717) is 23.9 Å². The van der Waals surface area contributed by atoms with Crippen LogP contribution in [0.1, 0.15) is 34.5 Å². The summed E-state index contributed by atoms with van der Waals surface area (Å²) in [5.74, 6) is -2.84. The van der Waals surface area contributed by atoms with Crippen LogP contribution in [-0.4, -0.2) is 28.4 Å². The number of hydrogen-bond acceptors (Lipinski definition) is 5. The van der Waals surface area contributed by atoms with E-state index in [0.717, 1.165) is 23.3 Å². The average molecular weight is 440 g/mol. The number of anilines is 2. The Morgan fingerprint density at radius 2 is 1.81 bits per heavy atom. The minimum absolute atomic E-state index is 0.115. The van der Waals surface area contributed by atoms with Crippen molar-refractivity contribution in [3.8, 4) is 11.1 Å². The van der Waals surface area contributed by atoms with Gasteiger partial charge in [-0.3, -0.25) is 9.59 Å². The molecule has 1 heterocycles. The maximum absolute atomic E-state index is 13.4. The number of aryl methyl sites for hydroxylation is 1. The molecule has 0 spiro atoms. The summed E-state index contributed by atoms with van der Waals surface area (Å²) < 4.78 is 26.7. The molecule has 0 aliphatic carbocycles. The Balaban J connectivity index is 1.82. The second-order valence-corrected chi connectivity index (χ2v) is 7.14. The van der Waals surface area contributed by atoms with Crippen molar-refractivity contribution < 1.29 is 23.5 Å². The predicted octanol–water partition coefficient (Wildman–Crippen LogP) is 3.34. The maximum atomic E-state index is 13.4. The first kappa shape index (κ1) is 22.8. The zero-order valence-corrected chi connectivity index (χ0v) is 17.4. The Bertz CT molecular complexity index is 1160. The Kier molecular flexibility index (Phi) is 6.79. The van der Waals surface area contributed by atoms with Crippen LogP contribution in [0.15, 0.2) is 48.7 Å². The predicted molar refractivity (Wildman–Crippen MR) is 117 cm³/mol. The number of nitrogens with two attached hydrogens (primary N) is 1. The van der Waals surface area contributed by atoms with Gasteiger partial charge in [0.25, 0.3) is 11.8 Å². The minimum atomic E-state index is -1.75. The number of aliphatic hydroxyl groups is 1. The summed E-state index contributed by atoms with van der Waals surface area (Å²) in [5.41, 5.74) is 8.42. The molecule has 7 nitrogen and oxygen atoms in total. The highest BCUT2D eigenvalue weighted by atomic mass is 19.1. The zero-order valence-electron chi connectivity index (χ0n) is 17.4. The summed E-state index contributed by atoms with van der Waals surface area (Å²) in [5, 5.41) is 15.4. The fraction of sp³-hybridized carbons (Fsp3) is 0.174. The Labute approximate surface area is 183 Å². The van der Waals surface area contributed by atoms with Crippen LogP contribution in [0.2, 0.25) is 0 Å². The molecule has 5 N–H and O–H groups in total. The molecule has 9 heteroatoms. The highest BCUT2D eigenvalue weighted by Gasteiger charge is 2.20. The van der Waals surface area contributed by atoms with E-state index in [1.807, 2.05) is 0 Å². The van der Waals surface area contributed by atoms with Crippen LogP contribution in [0.25, 0.3) is 11.1 Å². The van der Waals surface area contributed by atoms with Crippen LogP contribution in [-0.2, 0) is 4.79 Å². The van der Waals surface area contributed by atoms with Crippen LogP contribution in [0.3, 0.4) is 0 Å². The molecule has 0 fully saturated rings. The molecule has 0 bridgehead atoms. The molecular weight excluding hydrogens is 418 g/mol. The largest absolute Gasteiger partial charge is 0.383 e. The number of carbonyl (C=O) groups excluding carboxylic acids is 2. The van der Waals surface area contributed by atoms with E-state index in [-0.39, 0.29) is 22.9 Å². The number of rotatable bonds is 6. The van der Waals surface area contributed by atoms with Gasteiger partial charge in [-0.1, -0.05) is 6.07 Å². The van der Waals surface area contributed by atoms with Crippen molar-refractivity contribution >= 4 is 23.3 Å². The van der Waals surface area contributed by atoms with Crippen molar-refractivity contribution in [2.24, 2.45) is 0 Å². The van der Waals surface area contributed by atoms with E-state index in [4.69, 9.17) is 5.73 Å². The summed E-state index contributed by atoms with van der Waals surface area (Å²) >= 11 is 0. The number of amides is 2. The molecule has 32 heavy (non-hydrogen) atoms. The first-order chi connectivity index (χ1) is 15.2. The normalized spacial score (nSPS) is 11.7. The van der Waals surface area contributed by atoms with Gasteiger partial charge in [0.05, 0.1) is 5.56 Å². The third-order valence-corrected chi connectivity index (χ3v) is 4.75. The highest BCUT2D eigenvalue weighted by molar-refractivity contribution is 5.99. The first-order valence-electron chi connectivity index (χ1n) is 9.79. The number of hydrogen-bond donors (Lipinski definition) is 4. The van der Waals surface area contributed by atoms with E-state index in [1.54, 1.807) is 44.3 Å². The zero-order chi connectivity index (χ0) is 23.4. The van der Waals surface area contributed by atoms with Crippen molar-refractivity contribution in [2.45, 2.75) is 20.0 Å². The third kappa shape index (κ3) is 5.06. The summed E-state index contributed by atoms with van der Waals surface area (Å²) in [6, 6.07) is 9.04. The fourth-order valence-electron chi connectivity index (χ4n) is 3.22. The monoisotopic (exact) mass is 440 g/mol. The van der Waals surface area contributed by atoms with Gasteiger partial charge < -0.3 is 21.5 Å². The molecule has 0 unspecified atom stereocenters. The number of carbonyl (C=O) groups is 2. The lowest BCUT2D eigenvalue weighted by Gasteiger charge is -2.14. The molecule has 0 saturated carbocycles. The number of benzene rings is 2. The third-order valence-electron chi connectivity index (χ3n) is 4.75. The quantitative estimate of drug-likeness (QED) is 0.469. The number of nitrogens with zero attached hydrogens (tertiary/aromatic N) is 1. The number of halogens is 2. The minimum Gasteiger partial charge on any atom is -0.383 e. The summed E-state index contributed by atoms with van der Waals surface area (Å²) in [6.07, 6.45) is -0.206. The molecule has 3 rings (SSSR count). The summed E-state index contributed by atoms with van der Waals surface area (Å²) in [6.45, 7) is 4.04. The van der Waals surface area contributed by atoms with E-state index >= 15 is 0 Å². The summed E-state index contributed by atoms with van der Waals surface area (Å²) in [4.78, 5) is 28.6. The summed E-state index contributed by atoms with van der Waals surface area (Å²) in [7, 11) is 0. The van der Waals surface area contributed by atoms with Crippen molar-refractivity contribution in [3.05, 3.63) is 77.0 Å². The molecule has 2 aromatic carbocycles. The van der Waals surface area contributed by atoms with Crippen molar-refractivity contribution in [3.63, 3.8) is 0 Å². The smallest absolute Gasteiger partial charge is 0.257 e. The van der Waals surface area contributed by atoms with Gasteiger partial charge in [0.2, 0.25) is 0 Å². The molecular formula is C23H22F2N4O3. The number of nitrogens with one attached hydrogen (secondary N) is 2. The molecule has 1 atom stereocenters. The molecule has 0 radical (unpaired) electrons. The lowest BCUT2D eigenvalue weighted by Crippen LogP contribution is -2.24. The molecule has 2 amide bonds. The first-order valence-corrected chi connectivity index (χ1v) is 9.79. The molecule has 1 aromatic heterocycles. The van der Waals surface area contributed by atoms with Gasteiger partial charge in [0, 0.05) is 30.1 Å². The van der Waals surface area contributed by atoms with Gasteiger partial charge >= 0.3 is 0 Å². The number of aromatic nitrogens is 1. The van der Waals surface area contributed by atoms with Crippen LogP contribution < -0.4 is 16.4 Å². The van der Waals surface area contributed by atoms with Gasteiger partial charge in [0.1, 0.15) is 17.5 Å². The van der Waals surface area contributed by atoms with E-state index in [9.17, 15) is 23.5 Å². The Hall–Kier alpha value is -3.85. The molecule has 0 saturated heterocycles. The second-order valence-electron chi connectivity index (χ2n) is 7.14.